The number of halogens is 1. The summed E-state index contributed by atoms with van der Waals surface area (Å²) in [4.78, 5) is 24.2. The van der Waals surface area contributed by atoms with Crippen LogP contribution in [0.4, 0.5) is 5.69 Å². The number of allylic oxidation sites excluding steroid dienone is 1. The number of benzene rings is 2. The Kier molecular flexibility index (Phi) is 9.50. The second-order valence-corrected chi connectivity index (χ2v) is 9.69. The molecule has 0 aliphatic heterocycles. The summed E-state index contributed by atoms with van der Waals surface area (Å²) in [6.45, 7) is 8.75. The second-order valence-electron chi connectivity index (χ2n) is 7.83. The number of amides is 1. The van der Waals surface area contributed by atoms with Crippen LogP contribution in [0.1, 0.15) is 41.5 Å². The number of nitrogens with one attached hydrogen (secondary N) is 1. The van der Waals surface area contributed by atoms with Gasteiger partial charge in [0.2, 0.25) is 5.91 Å². The van der Waals surface area contributed by atoms with Crippen LogP contribution >= 0.6 is 27.7 Å². The Morgan fingerprint density at radius 1 is 1.23 bits per heavy atom. The second kappa shape index (κ2) is 12.6. The fourth-order valence-corrected chi connectivity index (χ4v) is 4.40. The van der Waals surface area contributed by atoms with Gasteiger partial charge in [0.1, 0.15) is 12.4 Å². The van der Waals surface area contributed by atoms with Gasteiger partial charge >= 0.3 is 5.97 Å². The van der Waals surface area contributed by atoms with Gasteiger partial charge in [0, 0.05) is 16.7 Å². The zero-order valence-corrected chi connectivity index (χ0v) is 22.2. The van der Waals surface area contributed by atoms with E-state index in [1.54, 1.807) is 30.3 Å². The summed E-state index contributed by atoms with van der Waals surface area (Å²) in [5.74, 6) is 1.13. The molecule has 3 rings (SSSR count). The maximum Gasteiger partial charge on any atom is 0.337 e. The molecule has 35 heavy (non-hydrogen) atoms. The fourth-order valence-electron chi connectivity index (χ4n) is 3.26. The lowest BCUT2D eigenvalue weighted by molar-refractivity contribution is -0.113. The lowest BCUT2D eigenvalue weighted by Crippen LogP contribution is -2.15. The third kappa shape index (κ3) is 7.19. The molecule has 10 heteroatoms. The summed E-state index contributed by atoms with van der Waals surface area (Å²) in [5.41, 5.74) is 1.96. The zero-order chi connectivity index (χ0) is 25.4. The van der Waals surface area contributed by atoms with Crippen molar-refractivity contribution in [3.05, 3.63) is 76.5 Å². The molecule has 1 amide bonds. The molecule has 0 saturated heterocycles. The monoisotopic (exact) mass is 558 g/mol. The first kappa shape index (κ1) is 26.5. The number of nitrogens with zero attached hydrogens (tertiary/aromatic N) is 3. The predicted molar refractivity (Wildman–Crippen MR) is 140 cm³/mol. The lowest BCUT2D eigenvalue weighted by atomic mass is 10.0. The standard InChI is InChI=1S/C25H27BrN4O4S/c1-5-11-30-22(14-34-21-10-9-18(26)13-20(21)16(2)3)28-29-25(30)35-15-23(31)27-19-8-6-7-17(12-19)24(32)33-4/h5-10,12-13,16H,1,11,14-15H2,2-4H3,(H,27,31). The van der Waals surface area contributed by atoms with E-state index in [-0.39, 0.29) is 18.3 Å². The van der Waals surface area contributed by atoms with Crippen molar-refractivity contribution >= 4 is 45.3 Å². The molecule has 0 radical (unpaired) electrons. The molecule has 1 aromatic heterocycles. The molecule has 2 aromatic carbocycles. The van der Waals surface area contributed by atoms with Crippen molar-refractivity contribution in [2.75, 3.05) is 18.2 Å². The van der Waals surface area contributed by atoms with Gasteiger partial charge in [0.15, 0.2) is 11.0 Å². The van der Waals surface area contributed by atoms with Crippen molar-refractivity contribution in [1.82, 2.24) is 14.8 Å². The number of anilines is 1. The molecule has 0 atom stereocenters. The maximum absolute atomic E-state index is 12.5. The smallest absolute Gasteiger partial charge is 0.337 e. The van der Waals surface area contributed by atoms with Gasteiger partial charge in [-0.1, -0.05) is 53.7 Å². The highest BCUT2D eigenvalue weighted by molar-refractivity contribution is 9.10. The summed E-state index contributed by atoms with van der Waals surface area (Å²) in [5, 5.41) is 11.9. The SMILES string of the molecule is C=CCn1c(COc2ccc(Br)cc2C(C)C)nnc1SCC(=O)Nc1cccc(C(=O)OC)c1. The molecule has 1 heterocycles. The van der Waals surface area contributed by atoms with E-state index >= 15 is 0 Å². The average molecular weight is 559 g/mol. The topological polar surface area (TPSA) is 95.3 Å². The maximum atomic E-state index is 12.5. The highest BCUT2D eigenvalue weighted by Gasteiger charge is 2.16. The van der Waals surface area contributed by atoms with E-state index in [1.165, 1.54) is 18.9 Å². The van der Waals surface area contributed by atoms with Gasteiger partial charge in [0.25, 0.3) is 0 Å². The van der Waals surface area contributed by atoms with Crippen molar-refractivity contribution in [2.45, 2.75) is 38.1 Å². The van der Waals surface area contributed by atoms with Crippen LogP contribution in [0.15, 0.2) is 64.7 Å². The largest absolute Gasteiger partial charge is 0.485 e. The number of hydrogen-bond acceptors (Lipinski definition) is 7. The molecular formula is C25H27BrN4O4S. The van der Waals surface area contributed by atoms with Crippen LogP contribution < -0.4 is 10.1 Å². The number of hydrogen-bond donors (Lipinski definition) is 1. The molecule has 8 nitrogen and oxygen atoms in total. The number of methoxy groups -OCH3 is 1. The summed E-state index contributed by atoms with van der Waals surface area (Å²) >= 11 is 4.77. The molecule has 0 saturated carbocycles. The minimum absolute atomic E-state index is 0.114. The molecule has 0 spiro atoms. The van der Waals surface area contributed by atoms with Crippen LogP contribution in [0, 0.1) is 0 Å². The quantitative estimate of drug-likeness (QED) is 0.190. The molecule has 0 aliphatic rings. The molecule has 1 N–H and O–H groups in total. The van der Waals surface area contributed by atoms with Crippen molar-refractivity contribution in [3.8, 4) is 5.75 Å². The van der Waals surface area contributed by atoms with Gasteiger partial charge in [-0.15, -0.1) is 16.8 Å². The minimum atomic E-state index is -0.466. The van der Waals surface area contributed by atoms with Crippen molar-refractivity contribution < 1.29 is 19.1 Å². The van der Waals surface area contributed by atoms with Gasteiger partial charge in [-0.2, -0.15) is 0 Å². The molecule has 0 fully saturated rings. The first-order valence-electron chi connectivity index (χ1n) is 10.9. The molecule has 0 unspecified atom stereocenters. The first-order valence-corrected chi connectivity index (χ1v) is 12.7. The Hall–Kier alpha value is -3.11. The number of thioether (sulfide) groups is 1. The number of aromatic nitrogens is 3. The van der Waals surface area contributed by atoms with E-state index in [4.69, 9.17) is 9.47 Å². The Balaban J connectivity index is 1.65. The highest BCUT2D eigenvalue weighted by Crippen LogP contribution is 2.30. The van der Waals surface area contributed by atoms with Crippen LogP contribution in [0.2, 0.25) is 0 Å². The van der Waals surface area contributed by atoms with Crippen LogP contribution in [-0.4, -0.2) is 39.5 Å². The molecular weight excluding hydrogens is 532 g/mol. The van der Waals surface area contributed by atoms with Gasteiger partial charge in [-0.05, 0) is 47.9 Å². The molecule has 0 bridgehead atoms. The van der Waals surface area contributed by atoms with E-state index in [9.17, 15) is 9.59 Å². The minimum Gasteiger partial charge on any atom is -0.485 e. The number of ether oxygens (including phenoxy) is 2. The molecule has 0 aliphatic carbocycles. The number of rotatable bonds is 11. The Bertz CT molecular complexity index is 1210. The summed E-state index contributed by atoms with van der Waals surface area (Å²) < 4.78 is 13.7. The Morgan fingerprint density at radius 2 is 2.03 bits per heavy atom. The van der Waals surface area contributed by atoms with E-state index in [0.717, 1.165) is 15.8 Å². The molecule has 3 aromatic rings. The van der Waals surface area contributed by atoms with E-state index in [1.807, 2.05) is 16.7 Å². The first-order chi connectivity index (χ1) is 16.8. The van der Waals surface area contributed by atoms with Crippen molar-refractivity contribution in [2.24, 2.45) is 0 Å². The summed E-state index contributed by atoms with van der Waals surface area (Å²) in [7, 11) is 1.31. The van der Waals surface area contributed by atoms with Gasteiger partial charge in [-0.25, -0.2) is 4.79 Å². The Labute approximate surface area is 217 Å². The molecule has 184 valence electrons. The number of carbonyl (C=O) groups is 2. The van der Waals surface area contributed by atoms with E-state index in [2.05, 4.69) is 57.9 Å². The van der Waals surface area contributed by atoms with Crippen LogP contribution in [-0.2, 0) is 22.7 Å². The summed E-state index contributed by atoms with van der Waals surface area (Å²) in [6.07, 6.45) is 1.74. The van der Waals surface area contributed by atoms with Crippen LogP contribution in [0.3, 0.4) is 0 Å². The number of carbonyl (C=O) groups excluding carboxylic acids is 2. The van der Waals surface area contributed by atoms with Crippen LogP contribution in [0.5, 0.6) is 5.75 Å². The van der Waals surface area contributed by atoms with Gasteiger partial charge in [-0.3, -0.25) is 9.36 Å². The van der Waals surface area contributed by atoms with Crippen molar-refractivity contribution in [3.63, 3.8) is 0 Å². The van der Waals surface area contributed by atoms with Gasteiger partial charge in [0.05, 0.1) is 18.4 Å². The fraction of sp³-hybridized carbons (Fsp3) is 0.280. The predicted octanol–water partition coefficient (Wildman–Crippen LogP) is 5.45. The van der Waals surface area contributed by atoms with E-state index < -0.39 is 5.97 Å². The van der Waals surface area contributed by atoms with Gasteiger partial charge < -0.3 is 14.8 Å². The van der Waals surface area contributed by atoms with Crippen LogP contribution in [0.25, 0.3) is 0 Å². The Morgan fingerprint density at radius 3 is 2.74 bits per heavy atom. The normalized spacial score (nSPS) is 10.8. The average Bonchev–Trinajstić information content (AvgIpc) is 3.23. The number of esters is 1. The van der Waals surface area contributed by atoms with E-state index in [0.29, 0.717) is 34.7 Å². The third-order valence-electron chi connectivity index (χ3n) is 4.96. The highest BCUT2D eigenvalue weighted by atomic mass is 79.9. The lowest BCUT2D eigenvalue weighted by Gasteiger charge is -2.15. The van der Waals surface area contributed by atoms with Crippen molar-refractivity contribution in [1.29, 1.82) is 0 Å². The third-order valence-corrected chi connectivity index (χ3v) is 6.42. The zero-order valence-electron chi connectivity index (χ0n) is 19.8. The summed E-state index contributed by atoms with van der Waals surface area (Å²) in [6, 6.07) is 12.5.